The van der Waals surface area contributed by atoms with Crippen molar-refractivity contribution in [1.29, 1.82) is 0 Å². The van der Waals surface area contributed by atoms with Gasteiger partial charge < -0.3 is 0 Å². The van der Waals surface area contributed by atoms with E-state index in [0.29, 0.717) is 23.5 Å². The van der Waals surface area contributed by atoms with Crippen molar-refractivity contribution in [2.45, 2.75) is 37.6 Å². The third-order valence-electron chi connectivity index (χ3n) is 5.77. The second-order valence-corrected chi connectivity index (χ2v) is 10.9. The van der Waals surface area contributed by atoms with Crippen LogP contribution in [0.5, 0.6) is 0 Å². The molecule has 2 heterocycles. The zero-order chi connectivity index (χ0) is 21.4. The molecular formula is C24H29N3O2S. The Labute approximate surface area is 179 Å². The van der Waals surface area contributed by atoms with E-state index in [4.69, 9.17) is 0 Å². The molecule has 30 heavy (non-hydrogen) atoms. The number of benzene rings is 2. The van der Waals surface area contributed by atoms with Gasteiger partial charge in [-0.3, -0.25) is 9.88 Å². The summed E-state index contributed by atoms with van der Waals surface area (Å²) in [4.78, 5) is 6.94. The van der Waals surface area contributed by atoms with Gasteiger partial charge in [-0.15, -0.1) is 0 Å². The van der Waals surface area contributed by atoms with Crippen molar-refractivity contribution in [2.24, 2.45) is 0 Å². The van der Waals surface area contributed by atoms with Crippen molar-refractivity contribution < 1.29 is 8.42 Å². The summed E-state index contributed by atoms with van der Waals surface area (Å²) >= 11 is 0. The van der Waals surface area contributed by atoms with Gasteiger partial charge in [-0.2, -0.15) is 4.31 Å². The van der Waals surface area contributed by atoms with E-state index >= 15 is 0 Å². The summed E-state index contributed by atoms with van der Waals surface area (Å²) in [6, 6.07) is 17.8. The van der Waals surface area contributed by atoms with Crippen molar-refractivity contribution in [2.75, 3.05) is 26.2 Å². The summed E-state index contributed by atoms with van der Waals surface area (Å²) in [6.45, 7) is 9.91. The van der Waals surface area contributed by atoms with Crippen LogP contribution in [-0.4, -0.2) is 48.8 Å². The SMILES string of the molecule is CC(C)(C)c1ccc(CN2CCN(S(=O)(=O)c3cccc4cccnc34)CC2)cc1. The largest absolute Gasteiger partial charge is 0.296 e. The highest BCUT2D eigenvalue weighted by molar-refractivity contribution is 7.89. The van der Waals surface area contributed by atoms with Crippen molar-refractivity contribution in [1.82, 2.24) is 14.2 Å². The van der Waals surface area contributed by atoms with Crippen molar-refractivity contribution >= 4 is 20.9 Å². The third-order valence-corrected chi connectivity index (χ3v) is 7.70. The lowest BCUT2D eigenvalue weighted by Crippen LogP contribution is -2.48. The van der Waals surface area contributed by atoms with Crippen LogP contribution in [0.4, 0.5) is 0 Å². The Kier molecular flexibility index (Phi) is 5.66. The van der Waals surface area contributed by atoms with Gasteiger partial charge in [0.2, 0.25) is 10.0 Å². The molecule has 4 rings (SSSR count). The second kappa shape index (κ2) is 8.10. The molecule has 0 aliphatic carbocycles. The predicted molar refractivity (Wildman–Crippen MR) is 121 cm³/mol. The van der Waals surface area contributed by atoms with Gasteiger partial charge in [0.05, 0.1) is 5.52 Å². The molecule has 1 aromatic heterocycles. The lowest BCUT2D eigenvalue weighted by molar-refractivity contribution is 0.181. The maximum absolute atomic E-state index is 13.3. The first-order valence-electron chi connectivity index (χ1n) is 10.4. The molecule has 0 amide bonds. The molecule has 0 N–H and O–H groups in total. The van der Waals surface area contributed by atoms with Crippen LogP contribution >= 0.6 is 0 Å². The molecule has 2 aromatic carbocycles. The number of nitrogens with zero attached hydrogens (tertiary/aromatic N) is 3. The Morgan fingerprint density at radius 3 is 2.23 bits per heavy atom. The normalized spacial score (nSPS) is 16.8. The highest BCUT2D eigenvalue weighted by atomic mass is 32.2. The lowest BCUT2D eigenvalue weighted by Gasteiger charge is -2.34. The number of rotatable bonds is 4. The van der Waals surface area contributed by atoms with E-state index in [2.05, 4.69) is 54.9 Å². The molecule has 6 heteroatoms. The van der Waals surface area contributed by atoms with Crippen LogP contribution in [0.2, 0.25) is 0 Å². The molecular weight excluding hydrogens is 394 g/mol. The van der Waals surface area contributed by atoms with E-state index < -0.39 is 10.0 Å². The van der Waals surface area contributed by atoms with Crippen molar-refractivity contribution in [3.05, 3.63) is 71.9 Å². The maximum Gasteiger partial charge on any atom is 0.245 e. The van der Waals surface area contributed by atoms with Crippen molar-refractivity contribution in [3.63, 3.8) is 0 Å². The Morgan fingerprint density at radius 2 is 1.57 bits per heavy atom. The number of sulfonamides is 1. The monoisotopic (exact) mass is 423 g/mol. The quantitative estimate of drug-likeness (QED) is 0.636. The smallest absolute Gasteiger partial charge is 0.245 e. The minimum Gasteiger partial charge on any atom is -0.296 e. The average molecular weight is 424 g/mol. The molecule has 5 nitrogen and oxygen atoms in total. The van der Waals surface area contributed by atoms with E-state index in [9.17, 15) is 8.42 Å². The van der Waals surface area contributed by atoms with Crippen LogP contribution in [-0.2, 0) is 22.0 Å². The number of para-hydroxylation sites is 1. The van der Waals surface area contributed by atoms with Crippen LogP contribution in [0.1, 0.15) is 31.9 Å². The van der Waals surface area contributed by atoms with Crippen molar-refractivity contribution in [3.8, 4) is 0 Å². The summed E-state index contributed by atoms with van der Waals surface area (Å²) in [6.07, 6.45) is 1.64. The number of hydrogen-bond donors (Lipinski definition) is 0. The zero-order valence-corrected chi connectivity index (χ0v) is 18.7. The predicted octanol–water partition coefficient (Wildman–Crippen LogP) is 4.04. The number of fused-ring (bicyclic) bond motifs is 1. The van der Waals surface area contributed by atoms with Gasteiger partial charge in [-0.1, -0.05) is 63.2 Å². The second-order valence-electron chi connectivity index (χ2n) is 8.96. The van der Waals surface area contributed by atoms with Gasteiger partial charge in [-0.05, 0) is 28.7 Å². The number of aromatic nitrogens is 1. The van der Waals surface area contributed by atoms with E-state index in [1.54, 1.807) is 22.6 Å². The molecule has 3 aromatic rings. The molecule has 0 atom stereocenters. The van der Waals surface area contributed by atoms with E-state index in [-0.39, 0.29) is 5.41 Å². The van der Waals surface area contributed by atoms with Gasteiger partial charge in [-0.25, -0.2) is 8.42 Å². The number of hydrogen-bond acceptors (Lipinski definition) is 4. The molecule has 0 unspecified atom stereocenters. The summed E-state index contributed by atoms with van der Waals surface area (Å²) in [5, 5.41) is 0.843. The molecule has 0 spiro atoms. The Hall–Kier alpha value is -2.28. The average Bonchev–Trinajstić information content (AvgIpc) is 2.73. The lowest BCUT2D eigenvalue weighted by atomic mass is 9.87. The molecule has 1 aliphatic rings. The summed E-state index contributed by atoms with van der Waals surface area (Å²) in [5.41, 5.74) is 3.28. The zero-order valence-electron chi connectivity index (χ0n) is 17.9. The molecule has 1 aliphatic heterocycles. The molecule has 1 saturated heterocycles. The van der Waals surface area contributed by atoms with Gasteiger partial charge in [0.1, 0.15) is 4.90 Å². The van der Waals surface area contributed by atoms with Crippen LogP contribution in [0.3, 0.4) is 0 Å². The minimum absolute atomic E-state index is 0.148. The Bertz CT molecular complexity index is 1120. The Balaban J connectivity index is 1.44. The highest BCUT2D eigenvalue weighted by Crippen LogP contribution is 2.26. The first-order chi connectivity index (χ1) is 14.2. The van der Waals surface area contributed by atoms with E-state index in [1.807, 2.05) is 18.2 Å². The molecule has 0 bridgehead atoms. The molecule has 0 radical (unpaired) electrons. The first kappa shape index (κ1) is 21.0. The van der Waals surface area contributed by atoms with Gasteiger partial charge >= 0.3 is 0 Å². The highest BCUT2D eigenvalue weighted by Gasteiger charge is 2.30. The first-order valence-corrected chi connectivity index (χ1v) is 11.8. The molecule has 158 valence electrons. The Morgan fingerprint density at radius 1 is 0.900 bits per heavy atom. The fourth-order valence-electron chi connectivity index (χ4n) is 3.92. The van der Waals surface area contributed by atoms with E-state index in [1.165, 1.54) is 11.1 Å². The van der Waals surface area contributed by atoms with Gasteiger partial charge in [0, 0.05) is 44.3 Å². The van der Waals surface area contributed by atoms with Crippen LogP contribution in [0, 0.1) is 0 Å². The third kappa shape index (κ3) is 4.26. The summed E-state index contributed by atoms with van der Waals surface area (Å²) < 4.78 is 28.1. The summed E-state index contributed by atoms with van der Waals surface area (Å²) in [7, 11) is -3.56. The fourth-order valence-corrected chi connectivity index (χ4v) is 5.51. The van der Waals surface area contributed by atoms with Gasteiger partial charge in [0.15, 0.2) is 0 Å². The maximum atomic E-state index is 13.3. The molecule has 1 fully saturated rings. The van der Waals surface area contributed by atoms with Crippen LogP contribution < -0.4 is 0 Å². The van der Waals surface area contributed by atoms with E-state index in [0.717, 1.165) is 25.0 Å². The standard InChI is InChI=1S/C24H29N3O2S/c1-24(2,3)21-11-9-19(10-12-21)18-26-14-16-27(17-15-26)30(28,29)22-8-4-6-20-7-5-13-25-23(20)22/h4-13H,14-18H2,1-3H3. The molecule has 0 saturated carbocycles. The fraction of sp³-hybridized carbons (Fsp3) is 0.375. The number of piperazine rings is 1. The van der Waals surface area contributed by atoms with Crippen LogP contribution in [0.25, 0.3) is 10.9 Å². The minimum atomic E-state index is -3.56. The topological polar surface area (TPSA) is 53.5 Å². The summed E-state index contributed by atoms with van der Waals surface area (Å²) in [5.74, 6) is 0. The van der Waals surface area contributed by atoms with Crippen LogP contribution in [0.15, 0.2) is 65.7 Å². The number of pyridine rings is 1. The van der Waals surface area contributed by atoms with Gasteiger partial charge in [0.25, 0.3) is 0 Å².